The Balaban J connectivity index is 2.51. The molecular weight excluding hydrogens is 232 g/mol. The summed E-state index contributed by atoms with van der Waals surface area (Å²) in [6.45, 7) is 15.2. The molecule has 0 aromatic heterocycles. The molecule has 0 aromatic carbocycles. The Morgan fingerprint density at radius 3 is 2.11 bits per heavy atom. The van der Waals surface area contributed by atoms with Crippen molar-refractivity contribution in [2.45, 2.75) is 66.3 Å². The van der Waals surface area contributed by atoms with Gasteiger partial charge in [0.05, 0.1) is 0 Å². The van der Waals surface area contributed by atoms with Crippen LogP contribution in [0.2, 0.25) is 0 Å². The molecule has 1 saturated carbocycles. The van der Waals surface area contributed by atoms with Crippen LogP contribution in [0.1, 0.15) is 60.3 Å². The average molecular weight is 268 g/mol. The number of rotatable bonds is 8. The van der Waals surface area contributed by atoms with Crippen molar-refractivity contribution in [1.29, 1.82) is 0 Å². The normalized spacial score (nSPS) is 20.7. The molecule has 1 aliphatic rings. The van der Waals surface area contributed by atoms with E-state index in [1.807, 2.05) is 0 Å². The largest absolute Gasteiger partial charge is 0.316 e. The number of hydrogen-bond acceptors (Lipinski definition) is 2. The summed E-state index contributed by atoms with van der Waals surface area (Å²) in [5.74, 6) is 1.50. The number of hydrogen-bond donors (Lipinski definition) is 1. The van der Waals surface area contributed by atoms with Crippen molar-refractivity contribution in [1.82, 2.24) is 10.2 Å². The molecule has 0 heterocycles. The number of nitrogens with zero attached hydrogens (tertiary/aromatic N) is 1. The Morgan fingerprint density at radius 1 is 1.05 bits per heavy atom. The molecule has 1 N–H and O–H groups in total. The molecule has 1 fully saturated rings. The standard InChI is InChI=1S/C17H36N2/c1-14(2)11-18-12-17(9-7-8-10-17)13-19(6)16(5)15(3)4/h14-16,18H,7-13H2,1-6H3. The van der Waals surface area contributed by atoms with Gasteiger partial charge in [0.1, 0.15) is 0 Å². The summed E-state index contributed by atoms with van der Waals surface area (Å²) < 4.78 is 0. The van der Waals surface area contributed by atoms with Crippen molar-refractivity contribution in [3.8, 4) is 0 Å². The molecular formula is C17H36N2. The Morgan fingerprint density at radius 2 is 1.63 bits per heavy atom. The summed E-state index contributed by atoms with van der Waals surface area (Å²) >= 11 is 0. The van der Waals surface area contributed by atoms with Crippen LogP contribution in [0.25, 0.3) is 0 Å². The third kappa shape index (κ3) is 5.43. The van der Waals surface area contributed by atoms with Crippen LogP contribution < -0.4 is 5.32 Å². The van der Waals surface area contributed by atoms with Crippen LogP contribution in [-0.2, 0) is 0 Å². The first kappa shape index (κ1) is 17.0. The van der Waals surface area contributed by atoms with Gasteiger partial charge in [0.2, 0.25) is 0 Å². The maximum Gasteiger partial charge on any atom is 0.00871 e. The molecule has 1 rings (SSSR count). The molecule has 0 aliphatic heterocycles. The molecule has 19 heavy (non-hydrogen) atoms. The van der Waals surface area contributed by atoms with Crippen LogP contribution in [0.4, 0.5) is 0 Å². The van der Waals surface area contributed by atoms with Crippen molar-refractivity contribution >= 4 is 0 Å². The van der Waals surface area contributed by atoms with Gasteiger partial charge in [-0.05, 0) is 50.6 Å². The van der Waals surface area contributed by atoms with Crippen molar-refractivity contribution in [2.24, 2.45) is 17.3 Å². The summed E-state index contributed by atoms with van der Waals surface area (Å²) in [4.78, 5) is 2.59. The fourth-order valence-corrected chi connectivity index (χ4v) is 3.32. The second kappa shape index (κ2) is 7.64. The lowest BCUT2D eigenvalue weighted by Crippen LogP contribution is -2.45. The Labute approximate surface area is 121 Å². The van der Waals surface area contributed by atoms with Crippen LogP contribution in [0.5, 0.6) is 0 Å². The summed E-state index contributed by atoms with van der Waals surface area (Å²) in [5.41, 5.74) is 0.535. The fraction of sp³-hybridized carbons (Fsp3) is 1.00. The highest BCUT2D eigenvalue weighted by Crippen LogP contribution is 2.38. The molecule has 0 saturated heterocycles. The summed E-state index contributed by atoms with van der Waals surface area (Å²) in [5, 5.41) is 3.71. The topological polar surface area (TPSA) is 15.3 Å². The van der Waals surface area contributed by atoms with Gasteiger partial charge < -0.3 is 10.2 Å². The first-order chi connectivity index (χ1) is 8.86. The van der Waals surface area contributed by atoms with Crippen molar-refractivity contribution in [3.63, 3.8) is 0 Å². The SMILES string of the molecule is CC(C)CNCC1(CN(C)C(C)C(C)C)CCCC1. The molecule has 0 spiro atoms. The maximum absolute atomic E-state index is 3.71. The van der Waals surface area contributed by atoms with Crippen molar-refractivity contribution < 1.29 is 0 Å². The first-order valence-electron chi connectivity index (χ1n) is 8.27. The van der Waals surface area contributed by atoms with E-state index in [0.717, 1.165) is 18.4 Å². The molecule has 0 bridgehead atoms. The minimum atomic E-state index is 0.535. The van der Waals surface area contributed by atoms with Crippen molar-refractivity contribution in [2.75, 3.05) is 26.7 Å². The van der Waals surface area contributed by atoms with Gasteiger partial charge in [-0.2, -0.15) is 0 Å². The molecule has 0 radical (unpaired) electrons. The van der Waals surface area contributed by atoms with E-state index in [2.05, 4.69) is 51.9 Å². The third-order valence-electron chi connectivity index (χ3n) is 4.96. The molecule has 1 aliphatic carbocycles. The highest BCUT2D eigenvalue weighted by atomic mass is 15.1. The monoisotopic (exact) mass is 268 g/mol. The predicted molar refractivity (Wildman–Crippen MR) is 85.5 cm³/mol. The second-order valence-corrected chi connectivity index (χ2v) is 7.63. The van der Waals surface area contributed by atoms with Gasteiger partial charge in [0.25, 0.3) is 0 Å². The zero-order valence-corrected chi connectivity index (χ0v) is 14.1. The molecule has 2 heteroatoms. The van der Waals surface area contributed by atoms with Crippen LogP contribution >= 0.6 is 0 Å². The molecule has 2 nitrogen and oxygen atoms in total. The summed E-state index contributed by atoms with van der Waals surface area (Å²) in [6.07, 6.45) is 5.67. The van der Waals surface area contributed by atoms with E-state index in [0.29, 0.717) is 11.5 Å². The van der Waals surface area contributed by atoms with Crippen LogP contribution in [0.3, 0.4) is 0 Å². The van der Waals surface area contributed by atoms with E-state index in [1.54, 1.807) is 0 Å². The van der Waals surface area contributed by atoms with E-state index in [9.17, 15) is 0 Å². The Bertz CT molecular complexity index is 242. The minimum absolute atomic E-state index is 0.535. The van der Waals surface area contributed by atoms with Crippen LogP contribution in [0, 0.1) is 17.3 Å². The summed E-state index contributed by atoms with van der Waals surface area (Å²) in [6, 6.07) is 0.683. The van der Waals surface area contributed by atoms with Crippen LogP contribution in [-0.4, -0.2) is 37.6 Å². The Hall–Kier alpha value is -0.0800. The lowest BCUT2D eigenvalue weighted by Gasteiger charge is -2.38. The maximum atomic E-state index is 3.71. The summed E-state index contributed by atoms with van der Waals surface area (Å²) in [7, 11) is 2.31. The van der Waals surface area contributed by atoms with Gasteiger partial charge in [-0.15, -0.1) is 0 Å². The second-order valence-electron chi connectivity index (χ2n) is 7.63. The lowest BCUT2D eigenvalue weighted by molar-refractivity contribution is 0.119. The van der Waals surface area contributed by atoms with Gasteiger partial charge in [-0.3, -0.25) is 0 Å². The number of nitrogens with one attached hydrogen (secondary N) is 1. The average Bonchev–Trinajstić information content (AvgIpc) is 2.76. The smallest absolute Gasteiger partial charge is 0.00871 e. The highest BCUT2D eigenvalue weighted by molar-refractivity contribution is 4.90. The van der Waals surface area contributed by atoms with Gasteiger partial charge in [0.15, 0.2) is 0 Å². The molecule has 1 atom stereocenters. The first-order valence-corrected chi connectivity index (χ1v) is 8.27. The van der Waals surface area contributed by atoms with E-state index in [4.69, 9.17) is 0 Å². The van der Waals surface area contributed by atoms with Gasteiger partial charge in [-0.1, -0.05) is 40.5 Å². The van der Waals surface area contributed by atoms with E-state index < -0.39 is 0 Å². The van der Waals surface area contributed by atoms with Crippen molar-refractivity contribution in [3.05, 3.63) is 0 Å². The van der Waals surface area contributed by atoms with E-state index in [1.165, 1.54) is 38.8 Å². The molecule has 114 valence electrons. The fourth-order valence-electron chi connectivity index (χ4n) is 3.32. The van der Waals surface area contributed by atoms with Gasteiger partial charge in [-0.25, -0.2) is 0 Å². The van der Waals surface area contributed by atoms with Gasteiger partial charge >= 0.3 is 0 Å². The molecule has 1 unspecified atom stereocenters. The Kier molecular flexibility index (Phi) is 6.82. The zero-order chi connectivity index (χ0) is 14.5. The lowest BCUT2D eigenvalue weighted by atomic mass is 9.84. The predicted octanol–water partition coefficient (Wildman–Crippen LogP) is 3.77. The zero-order valence-electron chi connectivity index (χ0n) is 14.1. The quantitative estimate of drug-likeness (QED) is 0.721. The van der Waals surface area contributed by atoms with Gasteiger partial charge in [0, 0.05) is 19.1 Å². The molecule has 0 aromatic rings. The van der Waals surface area contributed by atoms with E-state index in [-0.39, 0.29) is 0 Å². The molecule has 0 amide bonds. The third-order valence-corrected chi connectivity index (χ3v) is 4.96. The highest BCUT2D eigenvalue weighted by Gasteiger charge is 2.35. The minimum Gasteiger partial charge on any atom is -0.316 e. The van der Waals surface area contributed by atoms with Crippen LogP contribution in [0.15, 0.2) is 0 Å². The van der Waals surface area contributed by atoms with E-state index >= 15 is 0 Å².